The summed E-state index contributed by atoms with van der Waals surface area (Å²) in [5.41, 5.74) is 0. The van der Waals surface area contributed by atoms with Gasteiger partial charge in [-0.2, -0.15) is 0 Å². The van der Waals surface area contributed by atoms with Crippen LogP contribution in [-0.2, 0) is 0 Å². The molecule has 3 aromatic rings. The first-order valence-corrected chi connectivity index (χ1v) is 9.43. The Morgan fingerprint density at radius 3 is 1.13 bits per heavy atom. The lowest BCUT2D eigenvalue weighted by molar-refractivity contribution is -0.00000428. The molecule has 0 saturated heterocycles. The molecule has 0 unspecified atom stereocenters. The molecule has 2 heteroatoms. The van der Waals surface area contributed by atoms with Crippen molar-refractivity contribution in [3.63, 3.8) is 0 Å². The molecule has 0 aliphatic rings. The van der Waals surface area contributed by atoms with Crippen LogP contribution >= 0.6 is 7.26 Å². The van der Waals surface area contributed by atoms with Crippen molar-refractivity contribution >= 4 is 23.2 Å². The Bertz CT molecular complexity index is 640. The molecule has 0 aliphatic heterocycles. The monoisotopic (exact) mass is 382 g/mol. The maximum Gasteiger partial charge on any atom is 0.136 e. The first kappa shape index (κ1) is 17.7. The van der Waals surface area contributed by atoms with Crippen LogP contribution in [0.5, 0.6) is 0 Å². The molecule has 0 aromatic heterocycles. The van der Waals surface area contributed by atoms with Gasteiger partial charge in [0.05, 0.1) is 5.82 Å². The lowest BCUT2D eigenvalue weighted by atomic mass is 10.4. The predicted octanol–water partition coefficient (Wildman–Crippen LogP) is 1.52. The summed E-state index contributed by atoms with van der Waals surface area (Å²) < 4.78 is 0. The highest BCUT2D eigenvalue weighted by atomic mass is 79.9. The first-order chi connectivity index (χ1) is 10.9. The van der Waals surface area contributed by atoms with Crippen molar-refractivity contribution < 1.29 is 17.0 Å². The van der Waals surface area contributed by atoms with Crippen molar-refractivity contribution in [3.8, 4) is 0 Å². The summed E-state index contributed by atoms with van der Waals surface area (Å²) in [7, 11) is -1.73. The highest BCUT2D eigenvalue weighted by molar-refractivity contribution is 7.98. The Hall–Kier alpha value is -1.69. The van der Waals surface area contributed by atoms with Crippen molar-refractivity contribution in [2.75, 3.05) is 0 Å². The predicted molar refractivity (Wildman–Crippen MR) is 100.0 cm³/mol. The van der Waals surface area contributed by atoms with Crippen LogP contribution in [0.15, 0.2) is 103 Å². The van der Waals surface area contributed by atoms with Gasteiger partial charge < -0.3 is 17.0 Å². The highest BCUT2D eigenvalue weighted by Gasteiger charge is 2.42. The molecule has 0 bridgehead atoms. The van der Waals surface area contributed by atoms with Crippen LogP contribution in [0.1, 0.15) is 6.92 Å². The first-order valence-electron chi connectivity index (χ1n) is 7.57. The van der Waals surface area contributed by atoms with Gasteiger partial charge in [-0.15, -0.1) is 0 Å². The smallest absolute Gasteiger partial charge is 0.136 e. The maximum atomic E-state index is 2.41. The molecule has 3 aromatic carbocycles. The third-order valence-electron chi connectivity index (χ3n) is 3.86. The second-order valence-corrected chi connectivity index (χ2v) is 8.50. The number of hydrogen-bond donors (Lipinski definition) is 0. The van der Waals surface area contributed by atoms with Gasteiger partial charge >= 0.3 is 0 Å². The fraction of sp³-hybridized carbons (Fsp3) is 0.0476. The third kappa shape index (κ3) is 3.47. The van der Waals surface area contributed by atoms with Gasteiger partial charge in [0.15, 0.2) is 0 Å². The summed E-state index contributed by atoms with van der Waals surface area (Å²) in [5, 5.41) is 4.18. The highest BCUT2D eigenvalue weighted by Crippen LogP contribution is 2.56. The molecule has 23 heavy (non-hydrogen) atoms. The number of rotatable bonds is 4. The largest absolute Gasteiger partial charge is 1.00 e. The fourth-order valence-corrected chi connectivity index (χ4v) is 6.70. The molecule has 0 radical (unpaired) electrons. The van der Waals surface area contributed by atoms with Gasteiger partial charge in [0.1, 0.15) is 23.2 Å². The summed E-state index contributed by atoms with van der Waals surface area (Å²) in [4.78, 5) is 0. The molecule has 0 heterocycles. The van der Waals surface area contributed by atoms with E-state index in [0.29, 0.717) is 0 Å². The summed E-state index contributed by atoms with van der Waals surface area (Å²) in [6.45, 7) is 2.11. The van der Waals surface area contributed by atoms with Crippen molar-refractivity contribution in [3.05, 3.63) is 103 Å². The molecular formula is C21H20BrP. The minimum atomic E-state index is -1.73. The van der Waals surface area contributed by atoms with E-state index in [1.165, 1.54) is 15.9 Å². The number of allylic oxidation sites excluding steroid dienone is 1. The van der Waals surface area contributed by atoms with Gasteiger partial charge in [-0.1, -0.05) is 60.7 Å². The Morgan fingerprint density at radius 1 is 0.565 bits per heavy atom. The standard InChI is InChI=1S/C21H20P.BrH/c1-2-18-22(19-12-6-3-7-13-19,20-14-8-4-9-15-20)21-16-10-5-11-17-21;/h2-18H,1H3;1H/q+1;/p-1/b18-2+;. The number of hydrogen-bond acceptors (Lipinski definition) is 0. The van der Waals surface area contributed by atoms with E-state index in [2.05, 4.69) is 110 Å². The van der Waals surface area contributed by atoms with Crippen molar-refractivity contribution in [2.24, 2.45) is 0 Å². The second kappa shape index (κ2) is 8.24. The molecule has 0 aliphatic carbocycles. The quantitative estimate of drug-likeness (QED) is 0.600. The Labute approximate surface area is 150 Å². The van der Waals surface area contributed by atoms with Crippen molar-refractivity contribution in [1.29, 1.82) is 0 Å². The van der Waals surface area contributed by atoms with Crippen LogP contribution in [0, 0.1) is 0 Å². The average Bonchev–Trinajstić information content (AvgIpc) is 2.62. The molecule has 116 valence electrons. The SMILES string of the molecule is C/C=C/[P+](c1ccccc1)(c1ccccc1)c1ccccc1.[Br-]. The normalized spacial score (nSPS) is 11.2. The van der Waals surface area contributed by atoms with Gasteiger partial charge in [0.2, 0.25) is 0 Å². The maximum absolute atomic E-state index is 2.41. The van der Waals surface area contributed by atoms with Crippen molar-refractivity contribution in [1.82, 2.24) is 0 Å². The van der Waals surface area contributed by atoms with Gasteiger partial charge in [-0.3, -0.25) is 0 Å². The molecule has 0 atom stereocenters. The summed E-state index contributed by atoms with van der Waals surface area (Å²) in [5.74, 6) is 2.41. The van der Waals surface area contributed by atoms with E-state index >= 15 is 0 Å². The number of benzene rings is 3. The van der Waals surface area contributed by atoms with E-state index in [1.54, 1.807) is 0 Å². The van der Waals surface area contributed by atoms with Crippen LogP contribution in [0.2, 0.25) is 0 Å². The Morgan fingerprint density at radius 2 is 0.870 bits per heavy atom. The van der Waals surface area contributed by atoms with Gasteiger partial charge in [-0.25, -0.2) is 0 Å². The molecule has 0 nitrogen and oxygen atoms in total. The van der Waals surface area contributed by atoms with Crippen LogP contribution < -0.4 is 32.9 Å². The second-order valence-electron chi connectivity index (χ2n) is 5.21. The molecule has 0 saturated carbocycles. The average molecular weight is 383 g/mol. The molecule has 0 amide bonds. The molecule has 3 rings (SSSR count). The summed E-state index contributed by atoms with van der Waals surface area (Å²) in [6.07, 6.45) is 2.20. The zero-order chi connectivity index (χ0) is 15.3. The molecule has 0 N–H and O–H groups in total. The van der Waals surface area contributed by atoms with Crippen LogP contribution in [0.4, 0.5) is 0 Å². The van der Waals surface area contributed by atoms with Crippen molar-refractivity contribution in [2.45, 2.75) is 6.92 Å². The molecule has 0 spiro atoms. The summed E-state index contributed by atoms with van der Waals surface area (Å²) >= 11 is 0. The van der Waals surface area contributed by atoms with Gasteiger partial charge in [0, 0.05) is 0 Å². The minimum absolute atomic E-state index is 0. The topological polar surface area (TPSA) is 0 Å². The van der Waals surface area contributed by atoms with E-state index in [0.717, 1.165) is 0 Å². The van der Waals surface area contributed by atoms with Crippen LogP contribution in [-0.4, -0.2) is 0 Å². The molecular weight excluding hydrogens is 363 g/mol. The lowest BCUT2D eigenvalue weighted by Crippen LogP contribution is -3.00. The fourth-order valence-electron chi connectivity index (χ4n) is 2.92. The van der Waals surface area contributed by atoms with E-state index in [1.807, 2.05) is 0 Å². The Kier molecular flexibility index (Phi) is 6.33. The van der Waals surface area contributed by atoms with E-state index in [4.69, 9.17) is 0 Å². The zero-order valence-electron chi connectivity index (χ0n) is 13.1. The third-order valence-corrected chi connectivity index (χ3v) is 7.95. The van der Waals surface area contributed by atoms with E-state index in [-0.39, 0.29) is 17.0 Å². The minimum Gasteiger partial charge on any atom is -1.00 e. The Balaban J connectivity index is 0.00000192. The van der Waals surface area contributed by atoms with E-state index < -0.39 is 7.26 Å². The van der Waals surface area contributed by atoms with Crippen LogP contribution in [0.3, 0.4) is 0 Å². The van der Waals surface area contributed by atoms with Crippen LogP contribution in [0.25, 0.3) is 0 Å². The lowest BCUT2D eigenvalue weighted by Gasteiger charge is -2.23. The molecule has 0 fully saturated rings. The number of halogens is 1. The van der Waals surface area contributed by atoms with Gasteiger partial charge in [-0.05, 0) is 43.3 Å². The summed E-state index contributed by atoms with van der Waals surface area (Å²) in [6, 6.07) is 32.6. The van der Waals surface area contributed by atoms with Gasteiger partial charge in [0.25, 0.3) is 0 Å². The van der Waals surface area contributed by atoms with E-state index in [9.17, 15) is 0 Å². The zero-order valence-corrected chi connectivity index (χ0v) is 15.6.